The zero-order valence-electron chi connectivity index (χ0n) is 20.8. The maximum Gasteiger partial charge on any atom is 0.331 e. The summed E-state index contributed by atoms with van der Waals surface area (Å²) in [4.78, 5) is 51.8. The van der Waals surface area contributed by atoms with Gasteiger partial charge >= 0.3 is 6.03 Å². The van der Waals surface area contributed by atoms with Crippen molar-refractivity contribution in [2.45, 2.75) is 18.9 Å². The standard InChI is InChI=1S/C28H24N6O4S/c1-2-22(35)33-14-6-7-17(16-33)31-26(36)25-24-23-20(11-13-30-27(23)39-25)34(28(37)32-24)18-10-12-29-21(15-18)38-19-8-4-3-5-9-19/h2-5,8-13,15,17H,1,6-7,14,16H2,(H,31,36)(H,32,37)/t17-/m1/s1. The summed E-state index contributed by atoms with van der Waals surface area (Å²) < 4.78 is 5.86. The molecule has 1 aromatic carbocycles. The molecule has 6 rings (SSSR count). The fraction of sp³-hybridized carbons (Fsp3) is 0.179. The molecule has 39 heavy (non-hydrogen) atoms. The second kappa shape index (κ2) is 10.2. The Kier molecular flexibility index (Phi) is 6.41. The quantitative estimate of drug-likeness (QED) is 0.330. The number of likely N-dealkylation sites (tertiary alicyclic amines) is 1. The van der Waals surface area contributed by atoms with E-state index in [-0.39, 0.29) is 17.9 Å². The van der Waals surface area contributed by atoms with Gasteiger partial charge in [0.1, 0.15) is 15.5 Å². The summed E-state index contributed by atoms with van der Waals surface area (Å²) in [7, 11) is 0. The summed E-state index contributed by atoms with van der Waals surface area (Å²) in [6, 6.07) is 13.8. The Hall–Kier alpha value is -4.77. The van der Waals surface area contributed by atoms with Crippen LogP contribution in [0.4, 0.5) is 21.9 Å². The number of benzene rings is 1. The molecule has 5 heterocycles. The molecule has 3 aromatic heterocycles. The van der Waals surface area contributed by atoms with Crippen molar-refractivity contribution in [3.8, 4) is 11.6 Å². The minimum absolute atomic E-state index is 0.152. The van der Waals surface area contributed by atoms with Crippen LogP contribution in [-0.2, 0) is 4.79 Å². The van der Waals surface area contributed by atoms with Gasteiger partial charge in [-0.15, -0.1) is 11.3 Å². The average Bonchev–Trinajstić information content (AvgIpc) is 3.33. The van der Waals surface area contributed by atoms with Gasteiger partial charge < -0.3 is 20.3 Å². The fourth-order valence-electron chi connectivity index (χ4n) is 4.88. The van der Waals surface area contributed by atoms with Crippen LogP contribution in [0.25, 0.3) is 10.2 Å². The number of rotatable bonds is 6. The van der Waals surface area contributed by atoms with E-state index in [4.69, 9.17) is 4.74 Å². The van der Waals surface area contributed by atoms with Gasteiger partial charge in [0.05, 0.1) is 22.4 Å². The average molecular weight is 541 g/mol. The second-order valence-electron chi connectivity index (χ2n) is 9.15. The van der Waals surface area contributed by atoms with Crippen LogP contribution in [0.15, 0.2) is 73.6 Å². The van der Waals surface area contributed by atoms with Gasteiger partial charge in [0.2, 0.25) is 11.8 Å². The molecule has 1 atom stereocenters. The normalized spacial score (nSPS) is 16.5. The molecule has 196 valence electrons. The van der Waals surface area contributed by atoms with E-state index in [1.165, 1.54) is 22.3 Å². The predicted molar refractivity (Wildman–Crippen MR) is 149 cm³/mol. The number of urea groups is 1. The van der Waals surface area contributed by atoms with E-state index in [0.717, 1.165) is 12.8 Å². The van der Waals surface area contributed by atoms with Gasteiger partial charge in [0.15, 0.2) is 0 Å². The van der Waals surface area contributed by atoms with E-state index in [2.05, 4.69) is 27.2 Å². The van der Waals surface area contributed by atoms with E-state index >= 15 is 0 Å². The molecule has 0 unspecified atom stereocenters. The Labute approximate surface area is 227 Å². The lowest BCUT2D eigenvalue weighted by Crippen LogP contribution is -2.49. The molecule has 2 N–H and O–H groups in total. The third-order valence-electron chi connectivity index (χ3n) is 6.64. The van der Waals surface area contributed by atoms with E-state index < -0.39 is 6.03 Å². The maximum atomic E-state index is 13.4. The summed E-state index contributed by atoms with van der Waals surface area (Å²) in [6.45, 7) is 4.60. The van der Waals surface area contributed by atoms with Crippen LogP contribution in [0, 0.1) is 0 Å². The van der Waals surface area contributed by atoms with Crippen molar-refractivity contribution in [3.05, 3.63) is 78.5 Å². The van der Waals surface area contributed by atoms with Gasteiger partial charge in [0, 0.05) is 37.6 Å². The molecule has 1 saturated heterocycles. The van der Waals surface area contributed by atoms with Crippen LogP contribution >= 0.6 is 11.3 Å². The topological polar surface area (TPSA) is 117 Å². The number of pyridine rings is 2. The SMILES string of the molecule is C=CC(=O)N1CCC[C@@H](NC(=O)c2sc3nccc4c3c2NC(=O)N4c2ccnc(Oc3ccccc3)c2)C1. The highest BCUT2D eigenvalue weighted by Gasteiger charge is 2.34. The smallest absolute Gasteiger partial charge is 0.331 e. The second-order valence-corrected chi connectivity index (χ2v) is 10.1. The third-order valence-corrected chi connectivity index (χ3v) is 7.73. The molecule has 1 fully saturated rings. The van der Waals surface area contributed by atoms with Crippen molar-refractivity contribution in [3.63, 3.8) is 0 Å². The molecule has 11 heteroatoms. The Morgan fingerprint density at radius 3 is 2.79 bits per heavy atom. The van der Waals surface area contributed by atoms with Crippen molar-refractivity contribution in [2.75, 3.05) is 23.3 Å². The van der Waals surface area contributed by atoms with Crippen LogP contribution in [0.3, 0.4) is 0 Å². The zero-order chi connectivity index (χ0) is 26.9. The lowest BCUT2D eigenvalue weighted by Gasteiger charge is -2.32. The first-order valence-electron chi connectivity index (χ1n) is 12.5. The van der Waals surface area contributed by atoms with Gasteiger partial charge in [0.25, 0.3) is 5.91 Å². The number of piperidine rings is 1. The number of nitrogens with zero attached hydrogens (tertiary/aromatic N) is 4. The molecule has 2 aliphatic heterocycles. The Bertz CT molecular complexity index is 1600. The van der Waals surface area contributed by atoms with Crippen molar-refractivity contribution >= 4 is 56.5 Å². The Morgan fingerprint density at radius 1 is 1.15 bits per heavy atom. The highest BCUT2D eigenvalue weighted by atomic mass is 32.1. The number of hydrogen-bond acceptors (Lipinski definition) is 7. The number of amides is 4. The summed E-state index contributed by atoms with van der Waals surface area (Å²) in [5.41, 5.74) is 1.59. The summed E-state index contributed by atoms with van der Waals surface area (Å²) in [6.07, 6.45) is 6.02. The first-order chi connectivity index (χ1) is 19.0. The van der Waals surface area contributed by atoms with Crippen LogP contribution in [0.5, 0.6) is 11.6 Å². The Balaban J connectivity index is 1.30. The van der Waals surface area contributed by atoms with Gasteiger partial charge in [-0.25, -0.2) is 14.8 Å². The van der Waals surface area contributed by atoms with Crippen molar-refractivity contribution in [1.82, 2.24) is 20.2 Å². The third kappa shape index (κ3) is 4.68. The molecular weight excluding hydrogens is 516 g/mol. The molecule has 4 amide bonds. The summed E-state index contributed by atoms with van der Waals surface area (Å²) in [5.74, 6) is 0.500. The first kappa shape index (κ1) is 24.6. The molecule has 0 saturated carbocycles. The largest absolute Gasteiger partial charge is 0.439 e. The van der Waals surface area contributed by atoms with Crippen LogP contribution in [0.1, 0.15) is 22.5 Å². The maximum absolute atomic E-state index is 13.4. The molecule has 0 spiro atoms. The van der Waals surface area contributed by atoms with Crippen LogP contribution in [-0.4, -0.2) is 51.8 Å². The van der Waals surface area contributed by atoms with E-state index in [9.17, 15) is 14.4 Å². The number of anilines is 3. The number of aromatic nitrogens is 2. The Morgan fingerprint density at radius 2 is 1.97 bits per heavy atom. The minimum Gasteiger partial charge on any atom is -0.439 e. The number of nitrogens with one attached hydrogen (secondary N) is 2. The fourth-order valence-corrected chi connectivity index (χ4v) is 5.90. The minimum atomic E-state index is -0.417. The lowest BCUT2D eigenvalue weighted by atomic mass is 10.1. The molecule has 2 aliphatic rings. The van der Waals surface area contributed by atoms with Crippen LogP contribution in [0.2, 0.25) is 0 Å². The number of hydrogen-bond donors (Lipinski definition) is 2. The van der Waals surface area contributed by atoms with Gasteiger partial charge in [-0.1, -0.05) is 24.8 Å². The summed E-state index contributed by atoms with van der Waals surface area (Å²) >= 11 is 1.22. The highest BCUT2D eigenvalue weighted by molar-refractivity contribution is 7.21. The van der Waals surface area contributed by atoms with Crippen molar-refractivity contribution < 1.29 is 19.1 Å². The van der Waals surface area contributed by atoms with Crippen molar-refractivity contribution in [2.24, 2.45) is 0 Å². The number of carbonyl (C=O) groups excluding carboxylic acids is 3. The van der Waals surface area contributed by atoms with Gasteiger partial charge in [-0.3, -0.25) is 14.5 Å². The van der Waals surface area contributed by atoms with E-state index in [1.807, 2.05) is 30.3 Å². The van der Waals surface area contributed by atoms with E-state index in [1.54, 1.807) is 35.5 Å². The van der Waals surface area contributed by atoms with Crippen molar-refractivity contribution in [1.29, 1.82) is 0 Å². The molecule has 4 aromatic rings. The van der Waals surface area contributed by atoms with Crippen LogP contribution < -0.4 is 20.3 Å². The predicted octanol–water partition coefficient (Wildman–Crippen LogP) is 5.07. The summed E-state index contributed by atoms with van der Waals surface area (Å²) in [5, 5.41) is 6.62. The number of para-hydroxylation sites is 1. The van der Waals surface area contributed by atoms with E-state index in [0.29, 0.717) is 56.9 Å². The highest BCUT2D eigenvalue weighted by Crippen LogP contribution is 2.46. The molecule has 10 nitrogen and oxygen atoms in total. The first-order valence-corrected chi connectivity index (χ1v) is 13.3. The monoisotopic (exact) mass is 540 g/mol. The number of carbonyl (C=O) groups is 3. The lowest BCUT2D eigenvalue weighted by molar-refractivity contribution is -0.127. The molecule has 0 bridgehead atoms. The molecule has 0 aliphatic carbocycles. The molecule has 0 radical (unpaired) electrons. The van der Waals surface area contributed by atoms with Gasteiger partial charge in [-0.2, -0.15) is 0 Å². The number of thiophene rings is 1. The molecular formula is C28H24N6O4S. The number of ether oxygens (including phenoxy) is 1. The zero-order valence-corrected chi connectivity index (χ0v) is 21.6. The van der Waals surface area contributed by atoms with Gasteiger partial charge in [-0.05, 0) is 43.2 Å².